The van der Waals surface area contributed by atoms with Crippen molar-refractivity contribution in [2.24, 2.45) is 0 Å². The number of aromatic nitrogens is 2. The van der Waals surface area contributed by atoms with Crippen LogP contribution in [0.15, 0.2) is 35.7 Å². The highest BCUT2D eigenvalue weighted by molar-refractivity contribution is 7.13. The molecular formula is C20H21N3O3S. The molecule has 0 fully saturated rings. The third-order valence-electron chi connectivity index (χ3n) is 4.22. The number of hydrogen-bond donors (Lipinski definition) is 2. The van der Waals surface area contributed by atoms with Gasteiger partial charge >= 0.3 is 5.97 Å². The fourth-order valence-electron chi connectivity index (χ4n) is 2.90. The molecule has 0 atom stereocenters. The van der Waals surface area contributed by atoms with Gasteiger partial charge in [-0.1, -0.05) is 19.9 Å². The maximum Gasteiger partial charge on any atom is 0.339 e. The van der Waals surface area contributed by atoms with Gasteiger partial charge in [-0.15, -0.1) is 11.3 Å². The summed E-state index contributed by atoms with van der Waals surface area (Å²) in [5, 5.41) is 14.6. The number of aryl methyl sites for hydroxylation is 1. The summed E-state index contributed by atoms with van der Waals surface area (Å²) in [6, 6.07) is 8.88. The number of nitrogens with zero attached hydrogens (tertiary/aromatic N) is 2. The number of carbonyl (C=O) groups is 1. The fraction of sp³-hybridized carbons (Fsp3) is 0.250. The van der Waals surface area contributed by atoms with Gasteiger partial charge in [0.2, 0.25) is 0 Å². The van der Waals surface area contributed by atoms with Gasteiger partial charge in [0.05, 0.1) is 12.0 Å². The summed E-state index contributed by atoms with van der Waals surface area (Å²) in [5.74, 6) is 0.699. The summed E-state index contributed by atoms with van der Waals surface area (Å²) in [5.41, 5.74) is 2.89. The van der Waals surface area contributed by atoms with Gasteiger partial charge in [0.25, 0.3) is 0 Å². The molecule has 2 N–H and O–H groups in total. The quantitative estimate of drug-likeness (QED) is 0.611. The molecule has 0 saturated heterocycles. The molecule has 1 aromatic carbocycles. The van der Waals surface area contributed by atoms with E-state index in [-0.39, 0.29) is 5.56 Å². The smallest absolute Gasteiger partial charge is 0.339 e. The Labute approximate surface area is 161 Å². The number of anilines is 2. The van der Waals surface area contributed by atoms with Crippen LogP contribution in [-0.2, 0) is 12.8 Å². The Morgan fingerprint density at radius 3 is 2.63 bits per heavy atom. The lowest BCUT2D eigenvalue weighted by Gasteiger charge is -2.15. The third kappa shape index (κ3) is 3.93. The molecule has 0 bridgehead atoms. The van der Waals surface area contributed by atoms with Crippen molar-refractivity contribution in [3.8, 4) is 16.5 Å². The van der Waals surface area contributed by atoms with E-state index in [4.69, 9.17) is 14.7 Å². The molecule has 6 nitrogen and oxygen atoms in total. The minimum absolute atomic E-state index is 0.120. The zero-order valence-electron chi connectivity index (χ0n) is 15.4. The van der Waals surface area contributed by atoms with E-state index in [0.717, 1.165) is 34.8 Å². The minimum Gasteiger partial charge on any atom is -0.496 e. The zero-order chi connectivity index (χ0) is 19.4. The molecule has 0 unspecified atom stereocenters. The van der Waals surface area contributed by atoms with Crippen LogP contribution >= 0.6 is 11.3 Å². The lowest BCUT2D eigenvalue weighted by Crippen LogP contribution is -2.07. The van der Waals surface area contributed by atoms with Gasteiger partial charge in [0, 0.05) is 23.0 Å². The maximum absolute atomic E-state index is 11.3. The first-order valence-corrected chi connectivity index (χ1v) is 9.57. The van der Waals surface area contributed by atoms with Gasteiger partial charge < -0.3 is 15.2 Å². The van der Waals surface area contributed by atoms with Crippen molar-refractivity contribution in [2.45, 2.75) is 26.7 Å². The van der Waals surface area contributed by atoms with Crippen molar-refractivity contribution in [1.82, 2.24) is 9.97 Å². The van der Waals surface area contributed by atoms with E-state index in [0.29, 0.717) is 17.3 Å². The molecular weight excluding hydrogens is 362 g/mol. The van der Waals surface area contributed by atoms with Crippen LogP contribution in [0.5, 0.6) is 5.75 Å². The largest absolute Gasteiger partial charge is 0.496 e. The van der Waals surface area contributed by atoms with Gasteiger partial charge in [0.1, 0.15) is 17.1 Å². The summed E-state index contributed by atoms with van der Waals surface area (Å²) in [7, 11) is 1.46. The Morgan fingerprint density at radius 2 is 2.04 bits per heavy atom. The summed E-state index contributed by atoms with van der Waals surface area (Å²) in [4.78, 5) is 21.8. The van der Waals surface area contributed by atoms with E-state index in [1.54, 1.807) is 23.5 Å². The SMILES string of the molecule is CCc1nc(-c2cccs2)nc(Nc2ccc(C(=O)O)c(OC)c2)c1CC. The lowest BCUT2D eigenvalue weighted by atomic mass is 10.1. The van der Waals surface area contributed by atoms with E-state index in [1.807, 2.05) is 17.5 Å². The molecule has 0 saturated carbocycles. The molecule has 3 aromatic rings. The van der Waals surface area contributed by atoms with E-state index >= 15 is 0 Å². The molecule has 3 rings (SSSR count). The van der Waals surface area contributed by atoms with Gasteiger partial charge in [0.15, 0.2) is 5.82 Å². The maximum atomic E-state index is 11.3. The fourth-order valence-corrected chi connectivity index (χ4v) is 3.55. The molecule has 0 spiro atoms. The summed E-state index contributed by atoms with van der Waals surface area (Å²) < 4.78 is 5.22. The average Bonchev–Trinajstić information content (AvgIpc) is 3.21. The van der Waals surface area contributed by atoms with Crippen LogP contribution in [0, 0.1) is 0 Å². The first-order chi connectivity index (χ1) is 13.1. The molecule has 2 aromatic heterocycles. The van der Waals surface area contributed by atoms with Crippen molar-refractivity contribution < 1.29 is 14.6 Å². The highest BCUT2D eigenvalue weighted by atomic mass is 32.1. The highest BCUT2D eigenvalue weighted by Gasteiger charge is 2.16. The Hall–Kier alpha value is -2.93. The van der Waals surface area contributed by atoms with Gasteiger partial charge in [-0.2, -0.15) is 0 Å². The van der Waals surface area contributed by atoms with Crippen LogP contribution in [0.25, 0.3) is 10.7 Å². The first kappa shape index (κ1) is 18.8. The second kappa shape index (κ2) is 8.18. The lowest BCUT2D eigenvalue weighted by molar-refractivity contribution is 0.0693. The second-order valence-electron chi connectivity index (χ2n) is 5.85. The third-order valence-corrected chi connectivity index (χ3v) is 5.08. The number of ether oxygens (including phenoxy) is 1. The Kier molecular flexibility index (Phi) is 5.71. The Bertz CT molecular complexity index is 955. The number of rotatable bonds is 7. The topological polar surface area (TPSA) is 84.3 Å². The van der Waals surface area contributed by atoms with Crippen molar-refractivity contribution >= 4 is 28.8 Å². The van der Waals surface area contributed by atoms with Crippen molar-refractivity contribution in [3.05, 3.63) is 52.5 Å². The van der Waals surface area contributed by atoms with Crippen molar-refractivity contribution in [1.29, 1.82) is 0 Å². The second-order valence-corrected chi connectivity index (χ2v) is 6.80. The molecule has 2 heterocycles. The van der Waals surface area contributed by atoms with Crippen molar-refractivity contribution in [3.63, 3.8) is 0 Å². The van der Waals surface area contributed by atoms with Crippen molar-refractivity contribution in [2.75, 3.05) is 12.4 Å². The molecule has 140 valence electrons. The summed E-state index contributed by atoms with van der Waals surface area (Å²) in [6.07, 6.45) is 1.60. The van der Waals surface area contributed by atoms with Gasteiger partial charge in [-0.25, -0.2) is 14.8 Å². The van der Waals surface area contributed by atoms with Crippen LogP contribution in [0.4, 0.5) is 11.5 Å². The normalized spacial score (nSPS) is 10.6. The predicted octanol–water partition coefficient (Wildman–Crippen LogP) is 4.78. The number of carboxylic acids is 1. The molecule has 0 aliphatic heterocycles. The number of thiophene rings is 1. The average molecular weight is 383 g/mol. The molecule has 0 radical (unpaired) electrons. The Morgan fingerprint density at radius 1 is 1.22 bits per heavy atom. The van der Waals surface area contributed by atoms with Gasteiger partial charge in [-0.05, 0) is 36.4 Å². The number of aromatic carboxylic acids is 1. The number of methoxy groups -OCH3 is 1. The minimum atomic E-state index is -1.03. The zero-order valence-corrected chi connectivity index (χ0v) is 16.3. The van der Waals surface area contributed by atoms with E-state index in [1.165, 1.54) is 13.2 Å². The van der Waals surface area contributed by atoms with E-state index < -0.39 is 5.97 Å². The molecule has 0 aliphatic carbocycles. The van der Waals surface area contributed by atoms with E-state index in [9.17, 15) is 9.90 Å². The summed E-state index contributed by atoms with van der Waals surface area (Å²) >= 11 is 1.60. The van der Waals surface area contributed by atoms with Crippen LogP contribution in [0.1, 0.15) is 35.5 Å². The van der Waals surface area contributed by atoms with Crippen LogP contribution in [0.3, 0.4) is 0 Å². The highest BCUT2D eigenvalue weighted by Crippen LogP contribution is 2.30. The van der Waals surface area contributed by atoms with Crippen LogP contribution in [0.2, 0.25) is 0 Å². The molecule has 7 heteroatoms. The molecule has 0 amide bonds. The van der Waals surface area contributed by atoms with Gasteiger partial charge in [-0.3, -0.25) is 0 Å². The first-order valence-electron chi connectivity index (χ1n) is 8.69. The monoisotopic (exact) mass is 383 g/mol. The standard InChI is InChI=1S/C20H21N3O3S/c1-4-13-15(5-2)22-19(17-7-6-10-27-17)23-18(13)21-12-8-9-14(20(24)25)16(11-12)26-3/h6-11H,4-5H2,1-3H3,(H,24,25)(H,21,22,23). The Balaban J connectivity index is 2.05. The number of nitrogens with one attached hydrogen (secondary N) is 1. The predicted molar refractivity (Wildman–Crippen MR) is 107 cm³/mol. The van der Waals surface area contributed by atoms with Crippen LogP contribution < -0.4 is 10.1 Å². The number of carboxylic acid groups (broad SMARTS) is 1. The molecule has 0 aliphatic rings. The number of benzene rings is 1. The molecule has 27 heavy (non-hydrogen) atoms. The van der Waals surface area contributed by atoms with Crippen LogP contribution in [-0.4, -0.2) is 28.2 Å². The number of hydrogen-bond acceptors (Lipinski definition) is 6. The summed E-state index contributed by atoms with van der Waals surface area (Å²) in [6.45, 7) is 4.15. The van der Waals surface area contributed by atoms with E-state index in [2.05, 4.69) is 19.2 Å².